The number of rotatable bonds is 5. The summed E-state index contributed by atoms with van der Waals surface area (Å²) < 4.78 is 33.2. The zero-order chi connectivity index (χ0) is 23.9. The van der Waals surface area contributed by atoms with Gasteiger partial charge in [-0.25, -0.2) is 13.9 Å². The molecule has 2 aromatic rings. The maximum absolute atomic E-state index is 15.0. The summed E-state index contributed by atoms with van der Waals surface area (Å²) in [6.07, 6.45) is 1.71. The van der Waals surface area contributed by atoms with Crippen molar-refractivity contribution in [3.63, 3.8) is 0 Å². The van der Waals surface area contributed by atoms with E-state index in [0.717, 1.165) is 0 Å². The molecule has 0 aliphatic carbocycles. The zero-order valence-electron chi connectivity index (χ0n) is 19.1. The molecule has 0 spiro atoms. The molecule has 2 atom stereocenters. The molecule has 0 unspecified atom stereocenters. The van der Waals surface area contributed by atoms with E-state index in [1.165, 1.54) is 11.0 Å². The summed E-state index contributed by atoms with van der Waals surface area (Å²) in [5.41, 5.74) is 0.867. The van der Waals surface area contributed by atoms with Gasteiger partial charge in [0, 0.05) is 32.4 Å². The highest BCUT2D eigenvalue weighted by atomic mass is 19.1. The quantitative estimate of drug-likeness (QED) is 0.638. The second kappa shape index (κ2) is 8.84. The number of hydrogen-bond donors (Lipinski definition) is 0. The number of anilines is 2. The third kappa shape index (κ3) is 4.55. The fourth-order valence-corrected chi connectivity index (χ4v) is 4.47. The number of carbonyl (C=O) groups is 2. The van der Waals surface area contributed by atoms with Crippen LogP contribution in [0.4, 0.5) is 20.6 Å². The number of benzene rings is 1. The summed E-state index contributed by atoms with van der Waals surface area (Å²) in [4.78, 5) is 30.1. The Bertz CT molecular complexity index is 1060. The van der Waals surface area contributed by atoms with Crippen molar-refractivity contribution in [3.05, 3.63) is 36.4 Å². The number of carbonyl (C=O) groups excluding carboxylic acids is 2. The molecule has 3 aliphatic rings. The van der Waals surface area contributed by atoms with Crippen LogP contribution in [0.1, 0.15) is 13.8 Å². The minimum Gasteiger partial charge on any atom is -0.442 e. The van der Waals surface area contributed by atoms with E-state index in [1.807, 2.05) is 4.90 Å². The minimum absolute atomic E-state index is 0.103. The first kappa shape index (κ1) is 22.5. The maximum atomic E-state index is 15.0. The Kier molecular flexibility index (Phi) is 5.86. The van der Waals surface area contributed by atoms with Crippen LogP contribution < -0.4 is 9.80 Å². The van der Waals surface area contributed by atoms with Crippen molar-refractivity contribution in [2.45, 2.75) is 38.4 Å². The van der Waals surface area contributed by atoms with Gasteiger partial charge in [0.1, 0.15) is 11.9 Å². The van der Waals surface area contributed by atoms with Gasteiger partial charge in [-0.2, -0.15) is 0 Å². The number of halogens is 1. The molecule has 11 nitrogen and oxygen atoms in total. The Morgan fingerprint density at radius 1 is 1.24 bits per heavy atom. The molecule has 12 heteroatoms. The molecule has 1 aromatic heterocycles. The highest BCUT2D eigenvalue weighted by Crippen LogP contribution is 2.29. The van der Waals surface area contributed by atoms with Gasteiger partial charge in [0.25, 0.3) is 5.91 Å². The van der Waals surface area contributed by atoms with Gasteiger partial charge in [0.05, 0.1) is 37.3 Å². The van der Waals surface area contributed by atoms with E-state index >= 15 is 4.39 Å². The first-order valence-corrected chi connectivity index (χ1v) is 11.3. The van der Waals surface area contributed by atoms with E-state index in [-0.39, 0.29) is 12.5 Å². The Balaban J connectivity index is 1.19. The molecule has 3 fully saturated rings. The van der Waals surface area contributed by atoms with Crippen molar-refractivity contribution >= 4 is 23.4 Å². The van der Waals surface area contributed by atoms with Crippen molar-refractivity contribution in [2.24, 2.45) is 0 Å². The Labute approximate surface area is 195 Å². The number of amides is 2. The van der Waals surface area contributed by atoms with Crippen molar-refractivity contribution in [1.29, 1.82) is 0 Å². The van der Waals surface area contributed by atoms with Crippen LogP contribution in [0.15, 0.2) is 30.6 Å². The summed E-state index contributed by atoms with van der Waals surface area (Å²) in [6.45, 7) is 6.37. The number of aromatic nitrogens is 3. The van der Waals surface area contributed by atoms with E-state index in [2.05, 4.69) is 10.3 Å². The molecule has 3 saturated heterocycles. The lowest BCUT2D eigenvalue weighted by Crippen LogP contribution is -2.52. The van der Waals surface area contributed by atoms with Gasteiger partial charge in [-0.15, -0.1) is 5.10 Å². The first-order valence-electron chi connectivity index (χ1n) is 11.3. The third-order valence-corrected chi connectivity index (χ3v) is 6.20. The van der Waals surface area contributed by atoms with Crippen LogP contribution in [-0.4, -0.2) is 89.2 Å². The largest absolute Gasteiger partial charge is 0.442 e. The SMILES string of the molecule is CC1(C)OC[C@@H](C(=O)N2CCN(c3ccc(N4C[C@H](Cn5ccnn5)OC4=O)cc3F)CC2)O1. The van der Waals surface area contributed by atoms with Crippen molar-refractivity contribution in [1.82, 2.24) is 19.9 Å². The molecule has 0 N–H and O–H groups in total. The topological polar surface area (TPSA) is 102 Å². The third-order valence-electron chi connectivity index (χ3n) is 6.20. The standard InChI is InChI=1S/C22H27FN6O5/c1-22(2)32-14-19(34-22)20(30)27-9-7-26(8-10-27)18-4-3-15(11-17(18)23)29-13-16(33-21(29)31)12-28-6-5-24-25-28/h3-6,11,16,19H,7-10,12-14H2,1-2H3/t16-,19-/m0/s1. The van der Waals surface area contributed by atoms with E-state index < -0.39 is 29.9 Å². The number of ether oxygens (including phenoxy) is 3. The van der Waals surface area contributed by atoms with Gasteiger partial charge in [0.2, 0.25) is 0 Å². The van der Waals surface area contributed by atoms with E-state index in [1.54, 1.807) is 48.0 Å². The molecule has 34 heavy (non-hydrogen) atoms. The molecular weight excluding hydrogens is 447 g/mol. The van der Waals surface area contributed by atoms with Gasteiger partial charge < -0.3 is 24.0 Å². The average Bonchev–Trinajstić information content (AvgIpc) is 3.54. The maximum Gasteiger partial charge on any atom is 0.414 e. The number of hydrogen-bond acceptors (Lipinski definition) is 8. The lowest BCUT2D eigenvalue weighted by molar-refractivity contribution is -0.160. The van der Waals surface area contributed by atoms with Crippen LogP contribution in [-0.2, 0) is 25.5 Å². The lowest BCUT2D eigenvalue weighted by atomic mass is 10.2. The molecule has 3 aliphatic heterocycles. The zero-order valence-corrected chi connectivity index (χ0v) is 19.1. The molecule has 1 aromatic carbocycles. The van der Waals surface area contributed by atoms with Crippen LogP contribution in [0, 0.1) is 5.82 Å². The van der Waals surface area contributed by atoms with Crippen LogP contribution in [0.5, 0.6) is 0 Å². The molecule has 5 rings (SSSR count). The average molecular weight is 474 g/mol. The molecule has 0 saturated carbocycles. The fraction of sp³-hybridized carbons (Fsp3) is 0.545. The molecular formula is C22H27FN6O5. The van der Waals surface area contributed by atoms with E-state index in [0.29, 0.717) is 50.6 Å². The van der Waals surface area contributed by atoms with Crippen molar-refractivity contribution < 1.29 is 28.2 Å². The predicted octanol–water partition coefficient (Wildman–Crippen LogP) is 1.24. The predicted molar refractivity (Wildman–Crippen MR) is 118 cm³/mol. The highest BCUT2D eigenvalue weighted by molar-refractivity contribution is 5.90. The fourth-order valence-electron chi connectivity index (χ4n) is 4.47. The second-order valence-electron chi connectivity index (χ2n) is 9.01. The van der Waals surface area contributed by atoms with Gasteiger partial charge in [-0.3, -0.25) is 9.69 Å². The van der Waals surface area contributed by atoms with Crippen LogP contribution >= 0.6 is 0 Å². The van der Waals surface area contributed by atoms with Gasteiger partial charge >= 0.3 is 6.09 Å². The summed E-state index contributed by atoms with van der Waals surface area (Å²) in [6, 6.07) is 4.72. The van der Waals surface area contributed by atoms with Crippen molar-refractivity contribution in [3.8, 4) is 0 Å². The molecule has 2 amide bonds. The normalized spacial score (nSPS) is 24.6. The number of nitrogens with zero attached hydrogens (tertiary/aromatic N) is 6. The smallest absolute Gasteiger partial charge is 0.414 e. The van der Waals surface area contributed by atoms with Crippen LogP contribution in [0.25, 0.3) is 0 Å². The van der Waals surface area contributed by atoms with Crippen LogP contribution in [0.2, 0.25) is 0 Å². The van der Waals surface area contributed by atoms with Gasteiger partial charge in [-0.1, -0.05) is 5.21 Å². The summed E-state index contributed by atoms with van der Waals surface area (Å²) >= 11 is 0. The minimum atomic E-state index is -0.759. The second-order valence-corrected chi connectivity index (χ2v) is 9.01. The summed E-state index contributed by atoms with van der Waals surface area (Å²) in [5.74, 6) is -1.29. The van der Waals surface area contributed by atoms with E-state index in [4.69, 9.17) is 14.2 Å². The van der Waals surface area contributed by atoms with Crippen molar-refractivity contribution in [2.75, 3.05) is 49.1 Å². The molecule has 0 radical (unpaired) electrons. The highest BCUT2D eigenvalue weighted by Gasteiger charge is 2.39. The summed E-state index contributed by atoms with van der Waals surface area (Å²) in [7, 11) is 0. The monoisotopic (exact) mass is 474 g/mol. The van der Waals surface area contributed by atoms with Crippen LogP contribution in [0.3, 0.4) is 0 Å². The Hall–Kier alpha value is -3.25. The first-order chi connectivity index (χ1) is 16.3. The number of piperazine rings is 1. The molecule has 182 valence electrons. The van der Waals surface area contributed by atoms with Gasteiger partial charge in [-0.05, 0) is 32.0 Å². The number of cyclic esters (lactones) is 1. The Morgan fingerprint density at radius 3 is 2.68 bits per heavy atom. The lowest BCUT2D eigenvalue weighted by Gasteiger charge is -2.37. The summed E-state index contributed by atoms with van der Waals surface area (Å²) in [5, 5.41) is 7.62. The molecule has 4 heterocycles. The Morgan fingerprint density at radius 2 is 2.03 bits per heavy atom. The molecule has 0 bridgehead atoms. The van der Waals surface area contributed by atoms with Gasteiger partial charge in [0.15, 0.2) is 11.9 Å². The van der Waals surface area contributed by atoms with E-state index in [9.17, 15) is 9.59 Å².